The van der Waals surface area contributed by atoms with Crippen LogP contribution in [0.3, 0.4) is 0 Å². The number of hydrogen-bond acceptors (Lipinski definition) is 3. The van der Waals surface area contributed by atoms with Gasteiger partial charge in [0.15, 0.2) is 0 Å². The highest BCUT2D eigenvalue weighted by Crippen LogP contribution is 2.01. The van der Waals surface area contributed by atoms with E-state index in [1.807, 2.05) is 36.5 Å². The average molecular weight is 334 g/mol. The van der Waals surface area contributed by atoms with Crippen molar-refractivity contribution in [3.63, 3.8) is 0 Å². The Balaban J connectivity index is 3.88. The lowest BCUT2D eigenvalue weighted by Crippen LogP contribution is -2.20. The van der Waals surface area contributed by atoms with Crippen LogP contribution in [0.1, 0.15) is 45.4 Å². The second kappa shape index (κ2) is 16.0. The maximum absolute atomic E-state index is 10.3. The van der Waals surface area contributed by atoms with Gasteiger partial charge in [0.2, 0.25) is 0 Å². The minimum absolute atomic E-state index is 0.201. The van der Waals surface area contributed by atoms with Gasteiger partial charge in [0, 0.05) is 6.42 Å². The summed E-state index contributed by atoms with van der Waals surface area (Å²) in [5.41, 5.74) is 0. The second-order valence-corrected chi connectivity index (χ2v) is 5.33. The summed E-state index contributed by atoms with van der Waals surface area (Å²) in [6.45, 7) is 2.06. The summed E-state index contributed by atoms with van der Waals surface area (Å²) >= 11 is 0. The minimum atomic E-state index is -0.924. The third kappa shape index (κ3) is 15.0. The molecular formula is C20H30O4. The molecule has 0 bridgehead atoms. The van der Waals surface area contributed by atoms with Crippen LogP contribution in [0.15, 0.2) is 60.8 Å². The average Bonchev–Trinajstić information content (AvgIpc) is 2.55. The SMILES string of the molecule is CCC=CCC=CC(O)C(O)C=CC=CCC=CCCCC(=O)O. The van der Waals surface area contributed by atoms with Gasteiger partial charge in [-0.25, -0.2) is 0 Å². The van der Waals surface area contributed by atoms with Crippen molar-refractivity contribution in [2.24, 2.45) is 0 Å². The predicted octanol–water partition coefficient (Wildman–Crippen LogP) is 3.93. The quantitative estimate of drug-likeness (QED) is 0.271. The highest BCUT2D eigenvalue weighted by atomic mass is 16.4. The monoisotopic (exact) mass is 334 g/mol. The van der Waals surface area contributed by atoms with Gasteiger partial charge in [0.1, 0.15) is 12.2 Å². The van der Waals surface area contributed by atoms with Crippen LogP contribution >= 0.6 is 0 Å². The van der Waals surface area contributed by atoms with Crippen LogP contribution in [0.4, 0.5) is 0 Å². The first-order valence-electron chi connectivity index (χ1n) is 8.45. The van der Waals surface area contributed by atoms with Gasteiger partial charge >= 0.3 is 5.97 Å². The first kappa shape index (κ1) is 22.1. The fourth-order valence-corrected chi connectivity index (χ4v) is 1.79. The number of unbranched alkanes of at least 4 members (excludes halogenated alkanes) is 1. The van der Waals surface area contributed by atoms with E-state index in [0.717, 1.165) is 25.7 Å². The van der Waals surface area contributed by atoms with Crippen molar-refractivity contribution in [1.29, 1.82) is 0 Å². The Bertz CT molecular complexity index is 458. The molecule has 4 heteroatoms. The topological polar surface area (TPSA) is 77.8 Å². The normalized spacial score (nSPS) is 15.5. The Morgan fingerprint density at radius 1 is 0.875 bits per heavy atom. The minimum Gasteiger partial charge on any atom is -0.481 e. The molecule has 0 saturated carbocycles. The summed E-state index contributed by atoms with van der Waals surface area (Å²) in [4.78, 5) is 10.3. The standard InChI is InChI=1S/C20H30O4/c1-2-3-4-9-12-15-18(21)19(22)16-13-10-7-5-6-8-11-14-17-20(23)24/h3-4,6-8,10,12-13,15-16,18-19,21-22H,2,5,9,11,14,17H2,1H3,(H,23,24). The van der Waals surface area contributed by atoms with E-state index in [9.17, 15) is 15.0 Å². The Labute approximate surface area is 145 Å². The zero-order chi connectivity index (χ0) is 18.0. The Kier molecular flexibility index (Phi) is 14.7. The largest absolute Gasteiger partial charge is 0.481 e. The molecule has 134 valence electrons. The van der Waals surface area contributed by atoms with Gasteiger partial charge in [-0.1, -0.05) is 67.7 Å². The number of aliphatic hydroxyl groups is 2. The number of aliphatic hydroxyl groups excluding tert-OH is 2. The molecule has 3 N–H and O–H groups in total. The molecule has 0 amide bonds. The summed E-state index contributed by atoms with van der Waals surface area (Å²) in [5, 5.41) is 28.0. The molecule has 2 atom stereocenters. The van der Waals surface area contributed by atoms with Gasteiger partial charge < -0.3 is 15.3 Å². The first-order valence-corrected chi connectivity index (χ1v) is 8.45. The van der Waals surface area contributed by atoms with Crippen LogP contribution in [0.5, 0.6) is 0 Å². The van der Waals surface area contributed by atoms with Crippen molar-refractivity contribution >= 4 is 5.97 Å². The molecule has 0 spiro atoms. The van der Waals surface area contributed by atoms with E-state index in [1.165, 1.54) is 0 Å². The van der Waals surface area contributed by atoms with E-state index in [-0.39, 0.29) is 6.42 Å². The Hall–Kier alpha value is -1.91. The van der Waals surface area contributed by atoms with Crippen molar-refractivity contribution in [1.82, 2.24) is 0 Å². The van der Waals surface area contributed by atoms with E-state index in [4.69, 9.17) is 5.11 Å². The Morgan fingerprint density at radius 3 is 2.25 bits per heavy atom. The van der Waals surface area contributed by atoms with Crippen LogP contribution in [0, 0.1) is 0 Å². The van der Waals surface area contributed by atoms with Crippen LogP contribution in [-0.4, -0.2) is 33.5 Å². The second-order valence-electron chi connectivity index (χ2n) is 5.33. The number of allylic oxidation sites excluding steroid dienone is 8. The smallest absolute Gasteiger partial charge is 0.303 e. The molecule has 0 aliphatic carbocycles. The lowest BCUT2D eigenvalue weighted by Gasteiger charge is -2.09. The molecule has 0 radical (unpaired) electrons. The zero-order valence-electron chi connectivity index (χ0n) is 14.4. The summed E-state index contributed by atoms with van der Waals surface area (Å²) in [7, 11) is 0. The molecule has 0 fully saturated rings. The third-order valence-electron chi connectivity index (χ3n) is 3.11. The number of carbonyl (C=O) groups is 1. The summed E-state index contributed by atoms with van der Waals surface area (Å²) in [6.07, 6.45) is 20.7. The summed E-state index contributed by atoms with van der Waals surface area (Å²) < 4.78 is 0. The fourth-order valence-electron chi connectivity index (χ4n) is 1.79. The zero-order valence-corrected chi connectivity index (χ0v) is 14.4. The van der Waals surface area contributed by atoms with E-state index in [2.05, 4.69) is 13.0 Å². The number of rotatable bonds is 13. The van der Waals surface area contributed by atoms with Crippen molar-refractivity contribution in [2.45, 2.75) is 57.7 Å². The highest BCUT2D eigenvalue weighted by molar-refractivity contribution is 5.66. The third-order valence-corrected chi connectivity index (χ3v) is 3.11. The summed E-state index contributed by atoms with van der Waals surface area (Å²) in [5.74, 6) is -0.763. The maximum atomic E-state index is 10.3. The summed E-state index contributed by atoms with van der Waals surface area (Å²) in [6, 6.07) is 0. The van der Waals surface area contributed by atoms with Gasteiger partial charge in [-0.15, -0.1) is 0 Å². The van der Waals surface area contributed by atoms with E-state index in [0.29, 0.717) is 6.42 Å². The van der Waals surface area contributed by atoms with Crippen molar-refractivity contribution in [2.75, 3.05) is 0 Å². The number of hydrogen-bond donors (Lipinski definition) is 3. The van der Waals surface area contributed by atoms with E-state index >= 15 is 0 Å². The van der Waals surface area contributed by atoms with Gasteiger partial charge in [-0.05, 0) is 32.1 Å². The maximum Gasteiger partial charge on any atom is 0.303 e. The fraction of sp³-hybridized carbons (Fsp3) is 0.450. The molecule has 0 aliphatic rings. The van der Waals surface area contributed by atoms with Crippen molar-refractivity contribution in [3.8, 4) is 0 Å². The molecule has 0 aromatic carbocycles. The van der Waals surface area contributed by atoms with Gasteiger partial charge in [-0.2, -0.15) is 0 Å². The van der Waals surface area contributed by atoms with Crippen LogP contribution in [0.2, 0.25) is 0 Å². The molecule has 4 nitrogen and oxygen atoms in total. The molecule has 2 unspecified atom stereocenters. The first-order chi connectivity index (χ1) is 11.6. The lowest BCUT2D eigenvalue weighted by atomic mass is 10.1. The molecule has 0 aromatic heterocycles. The van der Waals surface area contributed by atoms with Gasteiger partial charge in [0.05, 0.1) is 0 Å². The number of carboxylic acid groups (broad SMARTS) is 1. The molecule has 0 saturated heterocycles. The molecule has 0 aromatic rings. The predicted molar refractivity (Wildman–Crippen MR) is 98.7 cm³/mol. The van der Waals surface area contributed by atoms with Gasteiger partial charge in [-0.3, -0.25) is 4.79 Å². The molecule has 0 heterocycles. The molecular weight excluding hydrogens is 304 g/mol. The van der Waals surface area contributed by atoms with Crippen LogP contribution < -0.4 is 0 Å². The lowest BCUT2D eigenvalue weighted by molar-refractivity contribution is -0.137. The Morgan fingerprint density at radius 2 is 1.54 bits per heavy atom. The number of carboxylic acids is 1. The van der Waals surface area contributed by atoms with Crippen molar-refractivity contribution < 1.29 is 20.1 Å². The van der Waals surface area contributed by atoms with Crippen molar-refractivity contribution in [3.05, 3.63) is 60.8 Å². The molecule has 24 heavy (non-hydrogen) atoms. The molecule has 0 aliphatic heterocycles. The van der Waals surface area contributed by atoms with Crippen LogP contribution in [0.25, 0.3) is 0 Å². The molecule has 0 rings (SSSR count). The number of aliphatic carboxylic acids is 1. The van der Waals surface area contributed by atoms with E-state index in [1.54, 1.807) is 18.2 Å². The van der Waals surface area contributed by atoms with Gasteiger partial charge in [0.25, 0.3) is 0 Å². The van der Waals surface area contributed by atoms with Crippen LogP contribution in [-0.2, 0) is 4.79 Å². The highest BCUT2D eigenvalue weighted by Gasteiger charge is 2.07. The van der Waals surface area contributed by atoms with E-state index < -0.39 is 18.2 Å².